The van der Waals surface area contributed by atoms with Gasteiger partial charge in [0, 0.05) is 13.1 Å². The monoisotopic (exact) mass is 458 g/mol. The van der Waals surface area contributed by atoms with Crippen molar-refractivity contribution in [2.24, 2.45) is 5.92 Å². The van der Waals surface area contributed by atoms with E-state index in [0.717, 1.165) is 0 Å². The van der Waals surface area contributed by atoms with Crippen LogP contribution in [-0.4, -0.2) is 43.7 Å². The molecule has 0 radical (unpaired) electrons. The third-order valence-corrected chi connectivity index (χ3v) is 7.48. The van der Waals surface area contributed by atoms with Gasteiger partial charge in [-0.05, 0) is 61.4 Å². The number of piperidine rings is 1. The largest absolute Gasteiger partial charge is 0.497 e. The molecule has 170 valence electrons. The molecule has 0 aliphatic carbocycles. The number of benzene rings is 1. The first-order valence-corrected chi connectivity index (χ1v) is 11.9. The maximum atomic E-state index is 13.4. The van der Waals surface area contributed by atoms with Crippen LogP contribution in [0, 0.1) is 5.92 Å². The minimum Gasteiger partial charge on any atom is -0.497 e. The molecule has 1 amide bonds. The van der Waals surface area contributed by atoms with Crippen LogP contribution >= 0.6 is 0 Å². The summed E-state index contributed by atoms with van der Waals surface area (Å²) < 4.78 is 43.7. The second-order valence-electron chi connectivity index (χ2n) is 7.73. The summed E-state index contributed by atoms with van der Waals surface area (Å²) in [5.41, 5.74) is 0. The van der Waals surface area contributed by atoms with Crippen LogP contribution in [0.15, 0.2) is 74.8 Å². The van der Waals surface area contributed by atoms with Gasteiger partial charge in [-0.25, -0.2) is 8.42 Å². The maximum Gasteiger partial charge on any atom is 0.243 e. The lowest BCUT2D eigenvalue weighted by Gasteiger charge is -2.34. The number of methoxy groups -OCH3 is 1. The molecule has 3 heterocycles. The van der Waals surface area contributed by atoms with Crippen molar-refractivity contribution in [3.63, 3.8) is 0 Å². The van der Waals surface area contributed by atoms with E-state index in [4.69, 9.17) is 13.6 Å². The van der Waals surface area contributed by atoms with E-state index in [1.54, 1.807) is 41.7 Å². The fraction of sp³-hybridized carbons (Fsp3) is 0.348. The zero-order chi connectivity index (χ0) is 22.6. The molecule has 1 saturated heterocycles. The van der Waals surface area contributed by atoms with E-state index in [1.165, 1.54) is 23.5 Å². The number of hydrogen-bond acceptors (Lipinski definition) is 6. The van der Waals surface area contributed by atoms with Gasteiger partial charge in [-0.3, -0.25) is 4.79 Å². The molecule has 8 nitrogen and oxygen atoms in total. The molecule has 9 heteroatoms. The van der Waals surface area contributed by atoms with E-state index in [0.29, 0.717) is 36.7 Å². The molecule has 4 rings (SSSR count). The lowest BCUT2D eigenvalue weighted by atomic mass is 9.98. The maximum absolute atomic E-state index is 13.4. The van der Waals surface area contributed by atoms with E-state index >= 15 is 0 Å². The van der Waals surface area contributed by atoms with Crippen molar-refractivity contribution in [2.75, 3.05) is 20.2 Å². The van der Waals surface area contributed by atoms with Gasteiger partial charge in [-0.1, -0.05) is 0 Å². The average Bonchev–Trinajstić information content (AvgIpc) is 3.53. The highest BCUT2D eigenvalue weighted by Crippen LogP contribution is 2.27. The molecule has 1 aliphatic heterocycles. The Labute approximate surface area is 187 Å². The second-order valence-corrected chi connectivity index (χ2v) is 9.67. The molecular formula is C23H26N2O6S. The van der Waals surface area contributed by atoms with Crippen LogP contribution in [0.3, 0.4) is 0 Å². The van der Waals surface area contributed by atoms with Crippen LogP contribution in [-0.2, 0) is 27.9 Å². The first-order valence-electron chi connectivity index (χ1n) is 10.4. The fourth-order valence-corrected chi connectivity index (χ4v) is 5.43. The number of hydrogen-bond donors (Lipinski definition) is 0. The Kier molecular flexibility index (Phi) is 6.66. The van der Waals surface area contributed by atoms with E-state index in [9.17, 15) is 13.2 Å². The van der Waals surface area contributed by atoms with Gasteiger partial charge in [-0.15, -0.1) is 0 Å². The predicted molar refractivity (Wildman–Crippen MR) is 116 cm³/mol. The fourth-order valence-electron chi connectivity index (χ4n) is 3.91. The highest BCUT2D eigenvalue weighted by atomic mass is 32.2. The Morgan fingerprint density at radius 2 is 1.69 bits per heavy atom. The highest BCUT2D eigenvalue weighted by Gasteiger charge is 2.35. The lowest BCUT2D eigenvalue weighted by molar-refractivity contribution is -0.138. The molecule has 3 aromatic rings. The molecule has 32 heavy (non-hydrogen) atoms. The Bertz CT molecular complexity index is 1070. The van der Waals surface area contributed by atoms with Crippen LogP contribution in [0.4, 0.5) is 0 Å². The summed E-state index contributed by atoms with van der Waals surface area (Å²) in [6.45, 7) is 1.09. The number of nitrogens with zero attached hydrogens (tertiary/aromatic N) is 2. The summed E-state index contributed by atoms with van der Waals surface area (Å²) in [7, 11) is -2.18. The van der Waals surface area contributed by atoms with Gasteiger partial charge in [0.1, 0.15) is 17.3 Å². The zero-order valence-electron chi connectivity index (χ0n) is 17.8. The van der Waals surface area contributed by atoms with Crippen LogP contribution in [0.1, 0.15) is 24.4 Å². The SMILES string of the molecule is COc1ccc(S(=O)(=O)N2CCCC(C(=O)N(Cc3ccco3)Cc3ccco3)C2)cc1. The van der Waals surface area contributed by atoms with Crippen molar-refractivity contribution in [1.29, 1.82) is 0 Å². The number of sulfonamides is 1. The van der Waals surface area contributed by atoms with Gasteiger partial charge < -0.3 is 18.5 Å². The summed E-state index contributed by atoms with van der Waals surface area (Å²) in [6, 6.07) is 13.5. The molecule has 1 unspecified atom stereocenters. The molecule has 1 aliphatic rings. The van der Waals surface area contributed by atoms with Crippen molar-refractivity contribution in [3.8, 4) is 5.75 Å². The molecule has 2 aromatic heterocycles. The number of carbonyl (C=O) groups is 1. The first kappa shape index (κ1) is 22.2. The Morgan fingerprint density at radius 1 is 1.06 bits per heavy atom. The van der Waals surface area contributed by atoms with Crippen molar-refractivity contribution in [1.82, 2.24) is 9.21 Å². The highest BCUT2D eigenvalue weighted by molar-refractivity contribution is 7.89. The summed E-state index contributed by atoms with van der Waals surface area (Å²) in [4.78, 5) is 15.3. The molecule has 0 saturated carbocycles. The van der Waals surface area contributed by atoms with Crippen molar-refractivity contribution in [3.05, 3.63) is 72.6 Å². The number of carbonyl (C=O) groups excluding carboxylic acids is 1. The third-order valence-electron chi connectivity index (χ3n) is 5.60. The summed E-state index contributed by atoms with van der Waals surface area (Å²) in [5.74, 6) is 1.34. The van der Waals surface area contributed by atoms with Crippen molar-refractivity contribution < 1.29 is 26.8 Å². The van der Waals surface area contributed by atoms with E-state index < -0.39 is 15.9 Å². The molecule has 0 N–H and O–H groups in total. The van der Waals surface area contributed by atoms with Gasteiger partial charge in [0.05, 0.1) is 43.5 Å². The van der Waals surface area contributed by atoms with E-state index in [-0.39, 0.29) is 30.4 Å². The smallest absolute Gasteiger partial charge is 0.243 e. The minimum atomic E-state index is -3.71. The van der Waals surface area contributed by atoms with Crippen LogP contribution in [0.2, 0.25) is 0 Å². The van der Waals surface area contributed by atoms with Crippen LogP contribution < -0.4 is 4.74 Å². The van der Waals surface area contributed by atoms with Gasteiger partial charge >= 0.3 is 0 Å². The molecule has 1 aromatic carbocycles. The summed E-state index contributed by atoms with van der Waals surface area (Å²) in [6.07, 6.45) is 4.37. The van der Waals surface area contributed by atoms with E-state index in [2.05, 4.69) is 0 Å². The van der Waals surface area contributed by atoms with Gasteiger partial charge in [0.25, 0.3) is 0 Å². The number of rotatable bonds is 8. The molecular weight excluding hydrogens is 432 g/mol. The molecule has 0 spiro atoms. The third kappa shape index (κ3) is 4.89. The second kappa shape index (κ2) is 9.62. The molecule has 0 bridgehead atoms. The number of amides is 1. The van der Waals surface area contributed by atoms with E-state index in [1.807, 2.05) is 12.1 Å². The Hall–Kier alpha value is -3.04. The number of furan rings is 2. The summed E-state index contributed by atoms with van der Waals surface area (Å²) in [5, 5.41) is 0. The van der Waals surface area contributed by atoms with Gasteiger partial charge in [0.15, 0.2) is 0 Å². The van der Waals surface area contributed by atoms with Gasteiger partial charge in [0.2, 0.25) is 15.9 Å². The average molecular weight is 459 g/mol. The summed E-state index contributed by atoms with van der Waals surface area (Å²) >= 11 is 0. The first-order chi connectivity index (χ1) is 15.5. The number of ether oxygens (including phenoxy) is 1. The zero-order valence-corrected chi connectivity index (χ0v) is 18.7. The van der Waals surface area contributed by atoms with Crippen LogP contribution in [0.25, 0.3) is 0 Å². The molecule has 1 atom stereocenters. The quantitative estimate of drug-likeness (QED) is 0.513. The normalized spacial score (nSPS) is 17.2. The minimum absolute atomic E-state index is 0.118. The topological polar surface area (TPSA) is 93.2 Å². The molecule has 1 fully saturated rings. The van der Waals surface area contributed by atoms with Crippen molar-refractivity contribution in [2.45, 2.75) is 30.8 Å². The Balaban J connectivity index is 1.51. The Morgan fingerprint density at radius 3 is 2.22 bits per heavy atom. The standard InChI is InChI=1S/C23H26N2O6S/c1-29-19-8-10-22(11-9-19)32(27,28)25-12-2-5-18(15-25)23(26)24(16-20-6-3-13-30-20)17-21-7-4-14-31-21/h3-4,6-11,13-14,18H,2,5,12,15-17H2,1H3. The van der Waals surface area contributed by atoms with Crippen molar-refractivity contribution >= 4 is 15.9 Å². The predicted octanol–water partition coefficient (Wildman–Crippen LogP) is 3.51. The van der Waals surface area contributed by atoms with Crippen LogP contribution in [0.5, 0.6) is 5.75 Å². The lowest BCUT2D eigenvalue weighted by Crippen LogP contribution is -2.46. The van der Waals surface area contributed by atoms with Gasteiger partial charge in [-0.2, -0.15) is 4.31 Å².